The normalized spacial score (nSPS) is 16.3. The second-order valence-electron chi connectivity index (χ2n) is 6.58. The van der Waals surface area contributed by atoms with Gasteiger partial charge in [0.1, 0.15) is 17.6 Å². The molecule has 1 atom stereocenters. The van der Waals surface area contributed by atoms with Crippen molar-refractivity contribution in [1.29, 1.82) is 0 Å². The largest absolute Gasteiger partial charge is 0.497 e. The summed E-state index contributed by atoms with van der Waals surface area (Å²) >= 11 is 1.79. The van der Waals surface area contributed by atoms with Crippen LogP contribution in [0.15, 0.2) is 29.3 Å². The van der Waals surface area contributed by atoms with Crippen molar-refractivity contribution in [3.05, 3.63) is 24.3 Å². The van der Waals surface area contributed by atoms with Gasteiger partial charge in [-0.25, -0.2) is 17.7 Å². The van der Waals surface area contributed by atoms with Crippen molar-refractivity contribution >= 4 is 51.7 Å². The van der Waals surface area contributed by atoms with Crippen LogP contribution in [0.3, 0.4) is 0 Å². The SMILES string of the molecule is CCNC(=NCC(C)Oc1cccc(OC)c1)NCCS(=O)(=O)N1CCSCC1.I. The number of aliphatic imine (C=N–C) groups is 1. The van der Waals surface area contributed by atoms with Gasteiger partial charge in [0.05, 0.1) is 19.4 Å². The summed E-state index contributed by atoms with van der Waals surface area (Å²) in [5, 5.41) is 6.24. The number of nitrogens with one attached hydrogen (secondary N) is 2. The number of nitrogens with zero attached hydrogens (tertiary/aromatic N) is 2. The van der Waals surface area contributed by atoms with Crippen LogP contribution in [0.5, 0.6) is 11.5 Å². The van der Waals surface area contributed by atoms with Gasteiger partial charge < -0.3 is 20.1 Å². The highest BCUT2D eigenvalue weighted by atomic mass is 127. The van der Waals surface area contributed by atoms with Gasteiger partial charge in [-0.2, -0.15) is 11.8 Å². The van der Waals surface area contributed by atoms with Crippen molar-refractivity contribution in [3.63, 3.8) is 0 Å². The first-order valence-electron chi connectivity index (χ1n) is 9.83. The van der Waals surface area contributed by atoms with Crippen molar-refractivity contribution in [3.8, 4) is 11.5 Å². The first kappa shape index (κ1) is 27.1. The molecule has 1 aromatic rings. The van der Waals surface area contributed by atoms with Crippen molar-refractivity contribution in [2.75, 3.05) is 57.1 Å². The summed E-state index contributed by atoms with van der Waals surface area (Å²) in [5.74, 6) is 3.82. The number of rotatable bonds is 10. The molecule has 0 aromatic heterocycles. The lowest BCUT2D eigenvalue weighted by molar-refractivity contribution is 0.229. The summed E-state index contributed by atoms with van der Waals surface area (Å²) < 4.78 is 37.5. The number of guanidine groups is 1. The van der Waals surface area contributed by atoms with Crippen molar-refractivity contribution in [1.82, 2.24) is 14.9 Å². The number of halogens is 1. The van der Waals surface area contributed by atoms with E-state index in [4.69, 9.17) is 9.47 Å². The van der Waals surface area contributed by atoms with Gasteiger partial charge in [0, 0.05) is 43.8 Å². The van der Waals surface area contributed by atoms with Gasteiger partial charge in [0.25, 0.3) is 0 Å². The summed E-state index contributed by atoms with van der Waals surface area (Å²) in [6.45, 7) is 6.53. The predicted octanol–water partition coefficient (Wildman–Crippen LogP) is 2.01. The Kier molecular flexibility index (Phi) is 12.8. The van der Waals surface area contributed by atoms with E-state index in [9.17, 15) is 8.42 Å². The molecular formula is C19H33IN4O4S2. The van der Waals surface area contributed by atoms with Crippen molar-refractivity contribution in [2.24, 2.45) is 4.99 Å². The first-order valence-corrected chi connectivity index (χ1v) is 12.6. The molecule has 0 bridgehead atoms. The number of methoxy groups -OCH3 is 1. The van der Waals surface area contributed by atoms with E-state index in [0.29, 0.717) is 38.7 Å². The quantitative estimate of drug-likeness (QED) is 0.252. The average Bonchev–Trinajstić information content (AvgIpc) is 2.72. The van der Waals surface area contributed by atoms with E-state index in [-0.39, 0.29) is 35.8 Å². The van der Waals surface area contributed by atoms with E-state index in [1.54, 1.807) is 23.2 Å². The number of ether oxygens (including phenoxy) is 2. The molecule has 1 aromatic carbocycles. The lowest BCUT2D eigenvalue weighted by Gasteiger charge is -2.25. The number of benzene rings is 1. The van der Waals surface area contributed by atoms with Crippen molar-refractivity contribution < 1.29 is 17.9 Å². The van der Waals surface area contributed by atoms with Crippen LogP contribution < -0.4 is 20.1 Å². The number of hydrogen-bond acceptors (Lipinski definition) is 6. The van der Waals surface area contributed by atoms with Gasteiger partial charge in [-0.1, -0.05) is 6.07 Å². The molecular weight excluding hydrogens is 539 g/mol. The highest BCUT2D eigenvalue weighted by Gasteiger charge is 2.23. The summed E-state index contributed by atoms with van der Waals surface area (Å²) in [5.41, 5.74) is 0. The van der Waals surface area contributed by atoms with Crippen LogP contribution in [0.2, 0.25) is 0 Å². The van der Waals surface area contributed by atoms with Gasteiger partial charge in [-0.05, 0) is 26.0 Å². The predicted molar refractivity (Wildman–Crippen MR) is 135 cm³/mol. The molecule has 11 heteroatoms. The molecule has 2 rings (SSSR count). The Morgan fingerprint density at radius 3 is 2.63 bits per heavy atom. The Balaban J connectivity index is 0.00000450. The Morgan fingerprint density at radius 2 is 1.97 bits per heavy atom. The molecule has 30 heavy (non-hydrogen) atoms. The Hall–Kier alpha value is -0.920. The number of sulfonamides is 1. The second kappa shape index (κ2) is 14.2. The lowest BCUT2D eigenvalue weighted by atomic mass is 10.3. The Morgan fingerprint density at radius 1 is 1.27 bits per heavy atom. The van der Waals surface area contributed by atoms with E-state index in [1.165, 1.54) is 0 Å². The molecule has 0 amide bonds. The summed E-state index contributed by atoms with van der Waals surface area (Å²) in [6, 6.07) is 7.43. The lowest BCUT2D eigenvalue weighted by Crippen LogP contribution is -2.44. The molecule has 0 radical (unpaired) electrons. The maximum absolute atomic E-state index is 12.4. The average molecular weight is 573 g/mol. The number of thioether (sulfide) groups is 1. The maximum Gasteiger partial charge on any atom is 0.215 e. The van der Waals surface area contributed by atoms with E-state index in [0.717, 1.165) is 23.0 Å². The van der Waals surface area contributed by atoms with E-state index in [1.807, 2.05) is 38.1 Å². The van der Waals surface area contributed by atoms with Gasteiger partial charge in [-0.15, -0.1) is 24.0 Å². The molecule has 1 heterocycles. The Bertz CT molecular complexity index is 759. The molecule has 0 spiro atoms. The molecule has 1 fully saturated rings. The molecule has 1 aliphatic heterocycles. The molecule has 1 unspecified atom stereocenters. The third kappa shape index (κ3) is 9.48. The van der Waals surface area contributed by atoms with Crippen molar-refractivity contribution in [2.45, 2.75) is 20.0 Å². The minimum absolute atomic E-state index is 0. The highest BCUT2D eigenvalue weighted by Crippen LogP contribution is 2.20. The zero-order valence-electron chi connectivity index (χ0n) is 17.8. The molecule has 1 saturated heterocycles. The fourth-order valence-electron chi connectivity index (χ4n) is 2.76. The molecule has 2 N–H and O–H groups in total. The van der Waals surface area contributed by atoms with E-state index in [2.05, 4.69) is 15.6 Å². The zero-order valence-corrected chi connectivity index (χ0v) is 21.8. The first-order chi connectivity index (χ1) is 13.9. The molecule has 8 nitrogen and oxygen atoms in total. The molecule has 1 aliphatic rings. The maximum atomic E-state index is 12.4. The minimum atomic E-state index is -3.23. The minimum Gasteiger partial charge on any atom is -0.497 e. The van der Waals surface area contributed by atoms with Crippen LogP contribution in [0.4, 0.5) is 0 Å². The molecule has 0 saturated carbocycles. The number of hydrogen-bond donors (Lipinski definition) is 2. The van der Waals surface area contributed by atoms with Gasteiger partial charge in [0.2, 0.25) is 10.0 Å². The van der Waals surface area contributed by atoms with Crippen LogP contribution >= 0.6 is 35.7 Å². The van der Waals surface area contributed by atoms with Crippen LogP contribution in [0, 0.1) is 0 Å². The van der Waals surface area contributed by atoms with Crippen LogP contribution in [-0.4, -0.2) is 81.9 Å². The Labute approximate surface area is 201 Å². The summed E-state index contributed by atoms with van der Waals surface area (Å²) in [6.07, 6.45) is -0.146. The fraction of sp³-hybridized carbons (Fsp3) is 0.632. The van der Waals surface area contributed by atoms with E-state index < -0.39 is 10.0 Å². The summed E-state index contributed by atoms with van der Waals surface area (Å²) in [7, 11) is -1.62. The smallest absolute Gasteiger partial charge is 0.215 e. The third-order valence-corrected chi connectivity index (χ3v) is 7.06. The van der Waals surface area contributed by atoms with Crippen LogP contribution in [0.25, 0.3) is 0 Å². The topological polar surface area (TPSA) is 92.3 Å². The van der Waals surface area contributed by atoms with Crippen LogP contribution in [0.1, 0.15) is 13.8 Å². The monoisotopic (exact) mass is 572 g/mol. The van der Waals surface area contributed by atoms with Gasteiger partial charge in [-0.3, -0.25) is 0 Å². The summed E-state index contributed by atoms with van der Waals surface area (Å²) in [4.78, 5) is 4.51. The third-order valence-electron chi connectivity index (χ3n) is 4.25. The zero-order chi connectivity index (χ0) is 21.1. The van der Waals surface area contributed by atoms with Gasteiger partial charge in [0.15, 0.2) is 5.96 Å². The molecule has 0 aliphatic carbocycles. The van der Waals surface area contributed by atoms with Crippen LogP contribution in [-0.2, 0) is 10.0 Å². The van der Waals surface area contributed by atoms with Gasteiger partial charge >= 0.3 is 0 Å². The van der Waals surface area contributed by atoms with E-state index >= 15 is 0 Å². The fourth-order valence-corrected chi connectivity index (χ4v) is 5.25. The standard InChI is InChI=1S/C19H32N4O4S2.HI/c1-4-20-19(21-8-13-29(24,25)23-9-11-28-12-10-23)22-15-16(2)27-18-7-5-6-17(14-18)26-3;/h5-7,14,16H,4,8-13,15H2,1-3H3,(H2,20,21,22);1H. The highest BCUT2D eigenvalue weighted by molar-refractivity contribution is 14.0. The molecule has 172 valence electrons. The second-order valence-corrected chi connectivity index (χ2v) is 9.89.